The molecule has 2 N–H and O–H groups in total. The Labute approximate surface area is 218 Å². The van der Waals surface area contributed by atoms with Crippen molar-refractivity contribution in [3.63, 3.8) is 0 Å². The summed E-state index contributed by atoms with van der Waals surface area (Å²) in [6.07, 6.45) is 0.784. The number of benzene rings is 4. The van der Waals surface area contributed by atoms with Gasteiger partial charge < -0.3 is 19.6 Å². The molecule has 1 aliphatic carbocycles. The van der Waals surface area contributed by atoms with E-state index in [2.05, 4.69) is 22.4 Å². The third-order valence-corrected chi connectivity index (χ3v) is 6.99. The average Bonchev–Trinajstić information content (AvgIpc) is 3.54. The van der Waals surface area contributed by atoms with E-state index in [0.29, 0.717) is 5.58 Å². The van der Waals surface area contributed by atoms with E-state index in [1.54, 1.807) is 0 Å². The van der Waals surface area contributed by atoms with Gasteiger partial charge in [-0.2, -0.15) is 0 Å². The summed E-state index contributed by atoms with van der Waals surface area (Å²) in [4.78, 5) is 28.8. The van der Waals surface area contributed by atoms with Crippen molar-refractivity contribution in [1.29, 1.82) is 0 Å². The Kier molecular flexibility index (Phi) is 6.09. The van der Waals surface area contributed by atoms with Crippen LogP contribution < -0.4 is 5.32 Å². The van der Waals surface area contributed by atoms with Crippen LogP contribution in [-0.2, 0) is 16.0 Å². The van der Waals surface area contributed by atoms with E-state index in [9.17, 15) is 14.7 Å². The number of amides is 1. The molecule has 0 fully saturated rings. The SMILES string of the molecule is O=C(N[C@@H](Cc1ccc(-c2ccc3ocnc3c2)cc1)C(=O)O)OCC1c2ccccc2-c2ccccc21. The monoisotopic (exact) mass is 504 g/mol. The van der Waals surface area contributed by atoms with Crippen molar-refractivity contribution < 1.29 is 23.8 Å². The number of alkyl carbamates (subject to hydrolysis) is 1. The Hall–Kier alpha value is -4.91. The van der Waals surface area contributed by atoms with Crippen molar-refractivity contribution >= 4 is 23.2 Å². The number of aromatic nitrogens is 1. The minimum absolute atomic E-state index is 0.0968. The molecule has 1 atom stereocenters. The number of carboxylic acid groups (broad SMARTS) is 1. The van der Waals surface area contributed by atoms with Gasteiger partial charge in [0.15, 0.2) is 12.0 Å². The number of aliphatic carboxylic acids is 1. The average molecular weight is 505 g/mol. The molecule has 5 aromatic rings. The van der Waals surface area contributed by atoms with Crippen LogP contribution in [0.5, 0.6) is 0 Å². The number of carbonyl (C=O) groups excluding carboxylic acids is 1. The van der Waals surface area contributed by atoms with Gasteiger partial charge >= 0.3 is 12.1 Å². The molecule has 7 heteroatoms. The summed E-state index contributed by atoms with van der Waals surface area (Å²) in [7, 11) is 0. The van der Waals surface area contributed by atoms with E-state index >= 15 is 0 Å². The Bertz CT molecular complexity index is 1590. The molecular weight excluding hydrogens is 480 g/mol. The summed E-state index contributed by atoms with van der Waals surface area (Å²) in [5, 5.41) is 12.3. The highest BCUT2D eigenvalue weighted by Crippen LogP contribution is 2.44. The molecule has 6 rings (SSSR count). The number of nitrogens with zero attached hydrogens (tertiary/aromatic N) is 1. The summed E-state index contributed by atoms with van der Waals surface area (Å²) < 4.78 is 10.8. The first kappa shape index (κ1) is 23.5. The third-order valence-electron chi connectivity index (χ3n) is 6.99. The first-order chi connectivity index (χ1) is 18.6. The molecule has 188 valence electrons. The largest absolute Gasteiger partial charge is 0.480 e. The zero-order chi connectivity index (χ0) is 26.1. The predicted octanol–water partition coefficient (Wildman–Crippen LogP) is 6.03. The van der Waals surface area contributed by atoms with Gasteiger partial charge in [0.05, 0.1) is 0 Å². The fourth-order valence-electron chi connectivity index (χ4n) is 5.09. The van der Waals surface area contributed by atoms with Crippen LogP contribution in [0, 0.1) is 0 Å². The molecule has 4 aromatic carbocycles. The van der Waals surface area contributed by atoms with Crippen molar-refractivity contribution in [3.05, 3.63) is 114 Å². The Morgan fingerprint density at radius 3 is 2.24 bits per heavy atom. The van der Waals surface area contributed by atoms with Gasteiger partial charge in [0.2, 0.25) is 0 Å². The number of carboxylic acids is 1. The molecule has 0 saturated heterocycles. The van der Waals surface area contributed by atoms with Gasteiger partial charge in [-0.05, 0) is 51.1 Å². The predicted molar refractivity (Wildman–Crippen MR) is 143 cm³/mol. The lowest BCUT2D eigenvalue weighted by Gasteiger charge is -2.17. The van der Waals surface area contributed by atoms with Crippen LogP contribution in [0.1, 0.15) is 22.6 Å². The van der Waals surface area contributed by atoms with E-state index in [1.807, 2.05) is 78.9 Å². The summed E-state index contributed by atoms with van der Waals surface area (Å²) in [5.74, 6) is -1.22. The molecule has 1 aliphatic rings. The van der Waals surface area contributed by atoms with Crippen molar-refractivity contribution in [2.24, 2.45) is 0 Å². The number of fused-ring (bicyclic) bond motifs is 4. The Morgan fingerprint density at radius 2 is 1.55 bits per heavy atom. The minimum Gasteiger partial charge on any atom is -0.480 e. The second-order valence-electron chi connectivity index (χ2n) is 9.30. The second-order valence-corrected chi connectivity index (χ2v) is 9.30. The van der Waals surface area contributed by atoms with Gasteiger partial charge in [0.25, 0.3) is 0 Å². The summed E-state index contributed by atoms with van der Waals surface area (Å²) in [5.41, 5.74) is 8.66. The molecule has 0 spiro atoms. The maximum atomic E-state index is 12.6. The highest BCUT2D eigenvalue weighted by atomic mass is 16.5. The maximum absolute atomic E-state index is 12.6. The van der Waals surface area contributed by atoms with Crippen LogP contribution in [-0.4, -0.2) is 34.8 Å². The highest BCUT2D eigenvalue weighted by molar-refractivity contribution is 5.82. The summed E-state index contributed by atoms with van der Waals surface area (Å²) >= 11 is 0. The van der Waals surface area contributed by atoms with Crippen LogP contribution in [0.3, 0.4) is 0 Å². The van der Waals surface area contributed by atoms with Gasteiger partial charge in [-0.25, -0.2) is 14.6 Å². The van der Waals surface area contributed by atoms with Crippen molar-refractivity contribution in [1.82, 2.24) is 10.3 Å². The van der Waals surface area contributed by atoms with E-state index in [-0.39, 0.29) is 18.9 Å². The zero-order valence-electron chi connectivity index (χ0n) is 20.3. The van der Waals surface area contributed by atoms with Crippen molar-refractivity contribution in [2.75, 3.05) is 6.61 Å². The standard InChI is InChI=1S/C31H24N2O5/c34-30(35)28(15-19-9-11-20(12-10-19)21-13-14-29-27(16-21)32-18-38-29)33-31(36)37-17-26-24-7-3-1-5-22(24)23-6-2-4-8-25(23)26/h1-14,16,18,26,28H,15,17H2,(H,33,36)(H,34,35)/t28-/m0/s1. The molecule has 1 amide bonds. The summed E-state index contributed by atoms with van der Waals surface area (Å²) in [6.45, 7) is 0.122. The normalized spacial score (nSPS) is 13.1. The number of oxazole rings is 1. The van der Waals surface area contributed by atoms with Crippen LogP contribution in [0.2, 0.25) is 0 Å². The fraction of sp³-hybridized carbons (Fsp3) is 0.129. The van der Waals surface area contributed by atoms with Gasteiger partial charge in [0.1, 0.15) is 18.2 Å². The lowest BCUT2D eigenvalue weighted by Crippen LogP contribution is -2.42. The number of carbonyl (C=O) groups is 2. The first-order valence-corrected chi connectivity index (χ1v) is 12.3. The number of hydrogen-bond acceptors (Lipinski definition) is 5. The van der Waals surface area contributed by atoms with Crippen LogP contribution in [0.4, 0.5) is 4.79 Å². The van der Waals surface area contributed by atoms with Crippen LogP contribution in [0.15, 0.2) is 102 Å². The van der Waals surface area contributed by atoms with Crippen molar-refractivity contribution in [2.45, 2.75) is 18.4 Å². The molecular formula is C31H24N2O5. The second kappa shape index (κ2) is 9.86. The maximum Gasteiger partial charge on any atom is 0.407 e. The number of hydrogen-bond donors (Lipinski definition) is 2. The molecule has 1 aromatic heterocycles. The molecule has 0 unspecified atom stereocenters. The molecule has 0 radical (unpaired) electrons. The molecule has 0 saturated carbocycles. The quantitative estimate of drug-likeness (QED) is 0.281. The molecule has 7 nitrogen and oxygen atoms in total. The van der Waals surface area contributed by atoms with Gasteiger partial charge in [-0.3, -0.25) is 0 Å². The van der Waals surface area contributed by atoms with Crippen LogP contribution in [0.25, 0.3) is 33.4 Å². The number of rotatable bonds is 7. The number of nitrogens with one attached hydrogen (secondary N) is 1. The smallest absolute Gasteiger partial charge is 0.407 e. The zero-order valence-corrected chi connectivity index (χ0v) is 20.3. The van der Waals surface area contributed by atoms with Crippen LogP contribution >= 0.6 is 0 Å². The minimum atomic E-state index is -1.13. The lowest BCUT2D eigenvalue weighted by atomic mass is 9.98. The lowest BCUT2D eigenvalue weighted by molar-refractivity contribution is -0.139. The topological polar surface area (TPSA) is 102 Å². The molecule has 38 heavy (non-hydrogen) atoms. The Balaban J connectivity index is 1.10. The van der Waals surface area contributed by atoms with Gasteiger partial charge in [0, 0.05) is 12.3 Å². The van der Waals surface area contributed by atoms with Gasteiger partial charge in [-0.15, -0.1) is 0 Å². The molecule has 0 aliphatic heterocycles. The Morgan fingerprint density at radius 1 is 0.895 bits per heavy atom. The van der Waals surface area contributed by atoms with Gasteiger partial charge in [-0.1, -0.05) is 78.9 Å². The van der Waals surface area contributed by atoms with E-state index in [0.717, 1.165) is 44.5 Å². The summed E-state index contributed by atoms with van der Waals surface area (Å²) in [6, 6.07) is 28.3. The molecule has 1 heterocycles. The van der Waals surface area contributed by atoms with Crippen molar-refractivity contribution in [3.8, 4) is 22.3 Å². The third kappa shape index (κ3) is 4.50. The fourth-order valence-corrected chi connectivity index (χ4v) is 5.09. The highest BCUT2D eigenvalue weighted by Gasteiger charge is 2.29. The number of ether oxygens (including phenoxy) is 1. The first-order valence-electron chi connectivity index (χ1n) is 12.3. The molecule has 0 bridgehead atoms. The van der Waals surface area contributed by atoms with E-state index in [1.165, 1.54) is 6.39 Å². The van der Waals surface area contributed by atoms with E-state index < -0.39 is 18.1 Å². The van der Waals surface area contributed by atoms with E-state index in [4.69, 9.17) is 9.15 Å².